The lowest BCUT2D eigenvalue weighted by Crippen LogP contribution is -2.50. The summed E-state index contributed by atoms with van der Waals surface area (Å²) < 4.78 is 2.04. The molecule has 3 nitrogen and oxygen atoms in total. The average molecular weight is 170 g/mol. The molecule has 0 saturated heterocycles. The molecular formula is C9H18N2O+. The predicted molar refractivity (Wildman–Crippen MR) is 47.5 cm³/mol. The third-order valence-electron chi connectivity index (χ3n) is 3.21. The molecular weight excluding hydrogens is 152 g/mol. The Morgan fingerprint density at radius 2 is 1.67 bits per heavy atom. The van der Waals surface area contributed by atoms with Gasteiger partial charge in [0.15, 0.2) is 5.71 Å². The molecule has 0 fully saturated rings. The van der Waals surface area contributed by atoms with Gasteiger partial charge in [0.25, 0.3) is 0 Å². The molecule has 0 saturated carbocycles. The number of hydrogen-bond acceptors (Lipinski definition) is 1. The van der Waals surface area contributed by atoms with Crippen molar-refractivity contribution in [2.24, 2.45) is 0 Å². The van der Waals surface area contributed by atoms with E-state index in [1.807, 2.05) is 46.2 Å². The zero-order valence-corrected chi connectivity index (χ0v) is 8.80. The van der Waals surface area contributed by atoms with Crippen molar-refractivity contribution in [3.05, 3.63) is 0 Å². The second kappa shape index (κ2) is 2.30. The van der Waals surface area contributed by atoms with Crippen LogP contribution in [-0.2, 0) is 5.21 Å². The maximum Gasteiger partial charge on any atom is 0.237 e. The van der Waals surface area contributed by atoms with Crippen LogP contribution in [0.4, 0.5) is 0 Å². The van der Waals surface area contributed by atoms with Gasteiger partial charge in [-0.2, -0.15) is 0 Å². The van der Waals surface area contributed by atoms with E-state index >= 15 is 0 Å². The highest BCUT2D eigenvalue weighted by atomic mass is 16.5. The summed E-state index contributed by atoms with van der Waals surface area (Å²) in [6, 6.07) is 0. The van der Waals surface area contributed by atoms with Crippen LogP contribution < -0.4 is 0 Å². The van der Waals surface area contributed by atoms with Crippen LogP contribution in [0.3, 0.4) is 0 Å². The van der Waals surface area contributed by atoms with Crippen LogP contribution in [-0.4, -0.2) is 33.6 Å². The number of hydroxylamine groups is 2. The van der Waals surface area contributed by atoms with Crippen LogP contribution in [0, 0.1) is 0 Å². The summed E-state index contributed by atoms with van der Waals surface area (Å²) in [7, 11) is 1.97. The molecule has 1 aliphatic rings. The maximum absolute atomic E-state index is 11.8. The summed E-state index contributed by atoms with van der Waals surface area (Å²) in [6.07, 6.45) is 0. The van der Waals surface area contributed by atoms with E-state index in [-0.39, 0.29) is 5.54 Å². The second-order valence-electron chi connectivity index (χ2n) is 4.49. The Bertz CT molecular complexity index is 217. The Hall–Kier alpha value is -0.410. The predicted octanol–water partition coefficient (Wildman–Crippen LogP) is 1.27. The van der Waals surface area contributed by atoms with Crippen molar-refractivity contribution < 1.29 is 9.78 Å². The van der Waals surface area contributed by atoms with Gasteiger partial charge in [-0.15, -0.1) is 5.21 Å². The Kier molecular flexibility index (Phi) is 1.85. The largest absolute Gasteiger partial charge is 0.237 e. The fourth-order valence-electron chi connectivity index (χ4n) is 1.79. The molecule has 0 aromatic rings. The molecule has 12 heavy (non-hydrogen) atoms. The quantitative estimate of drug-likeness (QED) is 0.503. The van der Waals surface area contributed by atoms with Crippen molar-refractivity contribution in [2.75, 3.05) is 7.05 Å². The van der Waals surface area contributed by atoms with Gasteiger partial charge in [-0.25, -0.2) is 4.58 Å². The first kappa shape index (κ1) is 9.68. The number of rotatable bonds is 0. The summed E-state index contributed by atoms with van der Waals surface area (Å²) >= 11 is 0. The molecule has 69 valence electrons. The van der Waals surface area contributed by atoms with Crippen molar-refractivity contribution in [1.82, 2.24) is 5.06 Å². The summed E-state index contributed by atoms with van der Waals surface area (Å²) in [4.78, 5) is 0. The van der Waals surface area contributed by atoms with Crippen molar-refractivity contribution in [2.45, 2.75) is 45.8 Å². The van der Waals surface area contributed by atoms with Crippen molar-refractivity contribution in [1.29, 1.82) is 0 Å². The molecule has 1 radical (unpaired) electrons. The van der Waals surface area contributed by atoms with Crippen molar-refractivity contribution in [3.8, 4) is 0 Å². The summed E-state index contributed by atoms with van der Waals surface area (Å²) in [5.74, 6) is 0. The Labute approximate surface area is 74.3 Å². The van der Waals surface area contributed by atoms with E-state index in [9.17, 15) is 5.21 Å². The van der Waals surface area contributed by atoms with Gasteiger partial charge in [-0.05, 0) is 13.8 Å². The molecule has 0 amide bonds. The molecule has 0 atom stereocenters. The normalized spacial score (nSPS) is 28.2. The minimum atomic E-state index is -0.409. The van der Waals surface area contributed by atoms with Crippen LogP contribution in [0.25, 0.3) is 0 Å². The fraction of sp³-hybridized carbons (Fsp3) is 0.889. The van der Waals surface area contributed by atoms with E-state index in [4.69, 9.17) is 0 Å². The SMILES string of the molecule is CC1=[N+](C)C(C)(C)N([O])C1(C)C. The average Bonchev–Trinajstić information content (AvgIpc) is 2.06. The highest BCUT2D eigenvalue weighted by Gasteiger charge is 2.55. The van der Waals surface area contributed by atoms with Crippen LogP contribution in [0.5, 0.6) is 0 Å². The van der Waals surface area contributed by atoms with Gasteiger partial charge in [-0.3, -0.25) is 0 Å². The summed E-state index contributed by atoms with van der Waals surface area (Å²) in [5.41, 5.74) is 0.355. The third-order valence-corrected chi connectivity index (χ3v) is 3.21. The van der Waals surface area contributed by atoms with Crippen LogP contribution in [0.2, 0.25) is 0 Å². The lowest BCUT2D eigenvalue weighted by molar-refractivity contribution is -0.615. The van der Waals surface area contributed by atoms with Crippen LogP contribution >= 0.6 is 0 Å². The minimum Gasteiger partial charge on any atom is -0.218 e. The highest BCUT2D eigenvalue weighted by molar-refractivity contribution is 5.87. The van der Waals surface area contributed by atoms with Gasteiger partial charge < -0.3 is 0 Å². The van der Waals surface area contributed by atoms with Gasteiger partial charge in [-0.1, -0.05) is 5.06 Å². The molecule has 1 heterocycles. The van der Waals surface area contributed by atoms with Crippen molar-refractivity contribution in [3.63, 3.8) is 0 Å². The van der Waals surface area contributed by atoms with Gasteiger partial charge in [0.1, 0.15) is 12.6 Å². The van der Waals surface area contributed by atoms with Gasteiger partial charge in [0.05, 0.1) is 0 Å². The van der Waals surface area contributed by atoms with Gasteiger partial charge in [0.2, 0.25) is 5.66 Å². The van der Waals surface area contributed by atoms with E-state index in [1.54, 1.807) is 0 Å². The highest BCUT2D eigenvalue weighted by Crippen LogP contribution is 2.31. The fourth-order valence-corrected chi connectivity index (χ4v) is 1.79. The second-order valence-corrected chi connectivity index (χ2v) is 4.49. The molecule has 0 aromatic heterocycles. The summed E-state index contributed by atoms with van der Waals surface area (Å²) in [6.45, 7) is 9.82. The maximum atomic E-state index is 11.8. The molecule has 0 bridgehead atoms. The topological polar surface area (TPSA) is 26.1 Å². The molecule has 3 heteroatoms. The first-order valence-corrected chi connectivity index (χ1v) is 4.27. The Balaban J connectivity index is 3.22. The minimum absolute atomic E-state index is 0.363. The van der Waals surface area contributed by atoms with Gasteiger partial charge >= 0.3 is 0 Å². The molecule has 1 rings (SSSR count). The summed E-state index contributed by atoms with van der Waals surface area (Å²) in [5, 5.41) is 13.0. The Morgan fingerprint density at radius 3 is 1.75 bits per heavy atom. The van der Waals surface area contributed by atoms with Gasteiger partial charge in [0, 0.05) is 20.8 Å². The smallest absolute Gasteiger partial charge is 0.218 e. The molecule has 0 spiro atoms. The molecule has 0 aromatic carbocycles. The molecule has 0 aliphatic carbocycles. The Morgan fingerprint density at radius 1 is 1.25 bits per heavy atom. The number of nitrogens with zero attached hydrogens (tertiary/aromatic N) is 2. The van der Waals surface area contributed by atoms with E-state index in [2.05, 4.69) is 0 Å². The van der Waals surface area contributed by atoms with E-state index in [0.29, 0.717) is 0 Å². The van der Waals surface area contributed by atoms with E-state index in [1.165, 1.54) is 0 Å². The third kappa shape index (κ3) is 0.930. The van der Waals surface area contributed by atoms with E-state index < -0.39 is 5.66 Å². The van der Waals surface area contributed by atoms with Crippen LogP contribution in [0.1, 0.15) is 34.6 Å². The standard InChI is InChI=1S/C9H18N2O/c1-7-8(2,3)11(12)9(4,5)10(7)6/h1-6H3/q+1. The zero-order valence-electron chi connectivity index (χ0n) is 8.80. The van der Waals surface area contributed by atoms with E-state index in [0.717, 1.165) is 10.8 Å². The number of hydrogen-bond donors (Lipinski definition) is 0. The monoisotopic (exact) mass is 170 g/mol. The van der Waals surface area contributed by atoms with Crippen LogP contribution in [0.15, 0.2) is 0 Å². The first-order chi connectivity index (χ1) is 5.22. The molecule has 0 unspecified atom stereocenters. The first-order valence-electron chi connectivity index (χ1n) is 4.27. The lowest BCUT2D eigenvalue weighted by Gasteiger charge is -2.26. The molecule has 1 aliphatic heterocycles. The molecule has 0 N–H and O–H groups in total. The lowest BCUT2D eigenvalue weighted by atomic mass is 10.0. The van der Waals surface area contributed by atoms with Crippen molar-refractivity contribution >= 4 is 5.71 Å². The zero-order chi connectivity index (χ0) is 9.73.